The highest BCUT2D eigenvalue weighted by atomic mass is 35.5. The number of carbonyl (C=O) groups is 2. The van der Waals surface area contributed by atoms with Crippen molar-refractivity contribution in [1.82, 2.24) is 9.62 Å². The van der Waals surface area contributed by atoms with E-state index in [0.717, 1.165) is 19.0 Å². The highest BCUT2D eigenvalue weighted by molar-refractivity contribution is 7.89. The van der Waals surface area contributed by atoms with Gasteiger partial charge in [-0.05, 0) is 43.7 Å². The van der Waals surface area contributed by atoms with Gasteiger partial charge < -0.3 is 10.2 Å². The molecule has 2 aromatic rings. The number of carboxylic acids is 1. The van der Waals surface area contributed by atoms with Gasteiger partial charge in [0.2, 0.25) is 10.0 Å². The molecule has 3 rings (SSSR count). The van der Waals surface area contributed by atoms with Gasteiger partial charge in [0, 0.05) is 24.7 Å². The van der Waals surface area contributed by atoms with Crippen LogP contribution < -0.4 is 4.72 Å². The standard InChI is InChI=1S/C19H20ClFN2O4S.CH2O2/c20-16-8-7-13(19(24)25)10-18(16)28(26,27)22-15-5-3-9-23(12-15)11-14-4-1-2-6-17(14)21;2-1-3/h1-2,4,6-8,10,15,22H,3,5,9,11-12H2,(H,24,25);1H,(H,2,3). The van der Waals surface area contributed by atoms with Crippen molar-refractivity contribution in [1.29, 1.82) is 0 Å². The van der Waals surface area contributed by atoms with E-state index >= 15 is 0 Å². The molecule has 1 atom stereocenters. The lowest BCUT2D eigenvalue weighted by molar-refractivity contribution is -0.122. The van der Waals surface area contributed by atoms with E-state index in [4.69, 9.17) is 26.6 Å². The summed E-state index contributed by atoms with van der Waals surface area (Å²) in [4.78, 5) is 21.2. The number of likely N-dealkylation sites (tertiary alicyclic amines) is 1. The van der Waals surface area contributed by atoms with E-state index < -0.39 is 16.0 Å². The molecule has 0 bridgehead atoms. The molecule has 0 aliphatic carbocycles. The molecule has 8 nitrogen and oxygen atoms in total. The second-order valence-corrected chi connectivity index (χ2v) is 8.93. The number of nitrogens with one attached hydrogen (secondary N) is 1. The predicted octanol–water partition coefficient (Wildman–Crippen LogP) is 2.82. The van der Waals surface area contributed by atoms with Crippen LogP contribution in [-0.2, 0) is 21.4 Å². The monoisotopic (exact) mass is 472 g/mol. The van der Waals surface area contributed by atoms with Gasteiger partial charge in [0.05, 0.1) is 10.6 Å². The number of hydrogen-bond donors (Lipinski definition) is 3. The van der Waals surface area contributed by atoms with Gasteiger partial charge in [0.1, 0.15) is 10.7 Å². The second kappa shape index (κ2) is 11.2. The Balaban J connectivity index is 0.00000107. The molecule has 0 aromatic heterocycles. The number of sulfonamides is 1. The van der Waals surface area contributed by atoms with Gasteiger partial charge in [-0.25, -0.2) is 22.3 Å². The van der Waals surface area contributed by atoms with Crippen LogP contribution in [0.15, 0.2) is 47.4 Å². The summed E-state index contributed by atoms with van der Waals surface area (Å²) in [5.74, 6) is -1.52. The molecule has 0 spiro atoms. The molecule has 1 unspecified atom stereocenters. The van der Waals surface area contributed by atoms with E-state index in [9.17, 15) is 17.6 Å². The molecule has 168 valence electrons. The molecule has 31 heavy (non-hydrogen) atoms. The van der Waals surface area contributed by atoms with E-state index in [1.807, 2.05) is 4.90 Å². The van der Waals surface area contributed by atoms with Crippen LogP contribution in [0.1, 0.15) is 28.8 Å². The molecule has 1 heterocycles. The third-order valence-corrected chi connectivity index (χ3v) is 6.65. The normalized spacial score (nSPS) is 16.8. The highest BCUT2D eigenvalue weighted by Gasteiger charge is 2.27. The SMILES string of the molecule is O=C(O)c1ccc(Cl)c(S(=O)(=O)NC2CCCN(Cc3ccccc3F)C2)c1.O=CO. The molecule has 0 saturated carbocycles. The Bertz CT molecular complexity index is 1030. The molecule has 1 fully saturated rings. The van der Waals surface area contributed by atoms with E-state index in [2.05, 4.69) is 4.72 Å². The fraction of sp³-hybridized carbons (Fsp3) is 0.300. The third kappa shape index (κ3) is 7.00. The topological polar surface area (TPSA) is 124 Å². The van der Waals surface area contributed by atoms with Crippen molar-refractivity contribution in [3.05, 3.63) is 64.4 Å². The van der Waals surface area contributed by atoms with Gasteiger partial charge >= 0.3 is 5.97 Å². The maximum atomic E-state index is 13.9. The van der Waals surface area contributed by atoms with Crippen molar-refractivity contribution in [3.8, 4) is 0 Å². The van der Waals surface area contributed by atoms with Crippen LogP contribution >= 0.6 is 11.6 Å². The van der Waals surface area contributed by atoms with Gasteiger partial charge in [-0.2, -0.15) is 0 Å². The van der Waals surface area contributed by atoms with Crippen LogP contribution in [0.25, 0.3) is 0 Å². The summed E-state index contributed by atoms with van der Waals surface area (Å²) in [6.45, 7) is 1.30. The number of carboxylic acid groups (broad SMARTS) is 2. The summed E-state index contributed by atoms with van der Waals surface area (Å²) < 4.78 is 42.0. The molecule has 1 aliphatic rings. The van der Waals surface area contributed by atoms with Gasteiger partial charge in [-0.1, -0.05) is 29.8 Å². The van der Waals surface area contributed by atoms with Gasteiger partial charge in [-0.15, -0.1) is 0 Å². The molecule has 1 saturated heterocycles. The van der Waals surface area contributed by atoms with Crippen LogP contribution in [0.2, 0.25) is 5.02 Å². The number of piperidine rings is 1. The second-order valence-electron chi connectivity index (χ2n) is 6.84. The zero-order valence-corrected chi connectivity index (χ0v) is 17.9. The lowest BCUT2D eigenvalue weighted by Crippen LogP contribution is -2.47. The Kier molecular flexibility index (Phi) is 8.93. The highest BCUT2D eigenvalue weighted by Crippen LogP contribution is 2.24. The summed E-state index contributed by atoms with van der Waals surface area (Å²) in [7, 11) is -4.00. The van der Waals surface area contributed by atoms with Gasteiger partial charge in [-0.3, -0.25) is 9.69 Å². The Morgan fingerprint density at radius 2 is 1.97 bits per heavy atom. The first-order valence-electron chi connectivity index (χ1n) is 9.26. The fourth-order valence-electron chi connectivity index (χ4n) is 3.29. The van der Waals surface area contributed by atoms with Crippen molar-refractivity contribution < 1.29 is 32.6 Å². The van der Waals surface area contributed by atoms with Crippen molar-refractivity contribution >= 4 is 34.1 Å². The van der Waals surface area contributed by atoms with E-state index in [1.54, 1.807) is 18.2 Å². The van der Waals surface area contributed by atoms with Gasteiger partial charge in [0.15, 0.2) is 0 Å². The van der Waals surface area contributed by atoms with Crippen molar-refractivity contribution in [2.45, 2.75) is 30.3 Å². The minimum atomic E-state index is -4.00. The number of halogens is 2. The Morgan fingerprint density at radius 3 is 2.61 bits per heavy atom. The summed E-state index contributed by atoms with van der Waals surface area (Å²) in [6.07, 6.45) is 1.38. The maximum Gasteiger partial charge on any atom is 0.335 e. The molecular weight excluding hydrogens is 451 g/mol. The maximum absolute atomic E-state index is 13.9. The average Bonchev–Trinajstić information content (AvgIpc) is 2.70. The summed E-state index contributed by atoms with van der Waals surface area (Å²) >= 11 is 5.99. The van der Waals surface area contributed by atoms with Crippen LogP contribution in [-0.4, -0.2) is 55.1 Å². The average molecular weight is 473 g/mol. The van der Waals surface area contributed by atoms with E-state index in [1.165, 1.54) is 18.2 Å². The zero-order chi connectivity index (χ0) is 23.0. The van der Waals surface area contributed by atoms with Gasteiger partial charge in [0.25, 0.3) is 6.47 Å². The van der Waals surface area contributed by atoms with E-state index in [0.29, 0.717) is 25.1 Å². The van der Waals surface area contributed by atoms with Crippen LogP contribution in [0.3, 0.4) is 0 Å². The first kappa shape index (κ1) is 24.7. The third-order valence-electron chi connectivity index (χ3n) is 4.65. The number of nitrogens with zero attached hydrogens (tertiary/aromatic N) is 1. The zero-order valence-electron chi connectivity index (χ0n) is 16.4. The lowest BCUT2D eigenvalue weighted by Gasteiger charge is -2.33. The van der Waals surface area contributed by atoms with Crippen molar-refractivity contribution in [2.75, 3.05) is 13.1 Å². The predicted molar refractivity (Wildman–Crippen MR) is 112 cm³/mol. The summed E-state index contributed by atoms with van der Waals surface area (Å²) in [5.41, 5.74) is 0.401. The Labute approximate surface area is 184 Å². The quantitative estimate of drug-likeness (QED) is 0.552. The molecule has 0 radical (unpaired) electrons. The van der Waals surface area contributed by atoms with Crippen LogP contribution in [0.5, 0.6) is 0 Å². The number of benzene rings is 2. The Hall–Kier alpha value is -2.53. The molecule has 1 aliphatic heterocycles. The molecule has 3 N–H and O–H groups in total. The largest absolute Gasteiger partial charge is 0.483 e. The smallest absolute Gasteiger partial charge is 0.335 e. The number of rotatable bonds is 6. The van der Waals surface area contributed by atoms with Crippen molar-refractivity contribution in [3.63, 3.8) is 0 Å². The fourth-order valence-corrected chi connectivity index (χ4v) is 5.08. The van der Waals surface area contributed by atoms with Crippen molar-refractivity contribution in [2.24, 2.45) is 0 Å². The number of aromatic carboxylic acids is 1. The summed E-state index contributed by atoms with van der Waals surface area (Å²) in [6, 6.07) is 9.67. The van der Waals surface area contributed by atoms with Crippen LogP contribution in [0.4, 0.5) is 4.39 Å². The minimum absolute atomic E-state index is 0.0449. The first-order chi connectivity index (χ1) is 14.7. The molecular formula is C20H22ClFN2O6S. The first-order valence-corrected chi connectivity index (χ1v) is 11.1. The summed E-state index contributed by atoms with van der Waals surface area (Å²) in [5, 5.41) is 15.9. The molecule has 11 heteroatoms. The number of hydrogen-bond acceptors (Lipinski definition) is 5. The van der Waals surface area contributed by atoms with E-state index in [-0.39, 0.29) is 33.8 Å². The Morgan fingerprint density at radius 1 is 1.29 bits per heavy atom. The minimum Gasteiger partial charge on any atom is -0.483 e. The molecule has 2 aromatic carbocycles. The van der Waals surface area contributed by atoms with Crippen LogP contribution in [0, 0.1) is 5.82 Å². The lowest BCUT2D eigenvalue weighted by atomic mass is 10.1. The molecule has 0 amide bonds.